The second-order valence-corrected chi connectivity index (χ2v) is 5.41. The molecule has 0 fully saturated rings. The second kappa shape index (κ2) is 6.66. The number of pyridine rings is 1. The normalized spacial score (nSPS) is 10.6. The third-order valence-corrected chi connectivity index (χ3v) is 3.75. The first kappa shape index (κ1) is 15.9. The van der Waals surface area contributed by atoms with Gasteiger partial charge in [-0.3, -0.25) is 0 Å². The fourth-order valence-corrected chi connectivity index (χ4v) is 2.57. The van der Waals surface area contributed by atoms with Gasteiger partial charge in [0.15, 0.2) is 11.5 Å². The Bertz CT molecular complexity index is 877. The molecule has 0 atom stereocenters. The van der Waals surface area contributed by atoms with Crippen molar-refractivity contribution in [3.63, 3.8) is 0 Å². The van der Waals surface area contributed by atoms with Gasteiger partial charge in [0.05, 0.1) is 14.2 Å². The highest BCUT2D eigenvalue weighted by Gasteiger charge is 2.10. The highest BCUT2D eigenvalue weighted by Crippen LogP contribution is 2.32. The van der Waals surface area contributed by atoms with Crippen molar-refractivity contribution in [1.82, 2.24) is 4.98 Å². The Labute approximate surface area is 140 Å². The molecule has 0 radical (unpaired) electrons. The molecule has 24 heavy (non-hydrogen) atoms. The molecule has 0 bridgehead atoms. The standard InChI is InChI=1S/C19H19NO4/c1-12-9-17(14-5-4-6-15(21)19(14)20-12)24-11-13-7-8-16(22-2)18(10-13)23-3/h4-10,21H,11H2,1-3H3. The number of fused-ring (bicyclic) bond motifs is 1. The molecular weight excluding hydrogens is 306 g/mol. The number of aromatic hydroxyl groups is 1. The van der Waals surface area contributed by atoms with Crippen LogP contribution in [0.1, 0.15) is 11.3 Å². The van der Waals surface area contributed by atoms with Crippen LogP contribution in [0.5, 0.6) is 23.0 Å². The van der Waals surface area contributed by atoms with Crippen LogP contribution in [0, 0.1) is 6.92 Å². The summed E-state index contributed by atoms with van der Waals surface area (Å²) < 4.78 is 16.5. The number of aromatic nitrogens is 1. The lowest BCUT2D eigenvalue weighted by Gasteiger charge is -2.13. The molecule has 3 aromatic rings. The van der Waals surface area contributed by atoms with Crippen molar-refractivity contribution in [3.8, 4) is 23.0 Å². The van der Waals surface area contributed by atoms with Gasteiger partial charge in [-0.1, -0.05) is 12.1 Å². The topological polar surface area (TPSA) is 60.8 Å². The minimum absolute atomic E-state index is 0.146. The molecule has 0 saturated heterocycles. The van der Waals surface area contributed by atoms with Gasteiger partial charge >= 0.3 is 0 Å². The first-order valence-electron chi connectivity index (χ1n) is 7.55. The summed E-state index contributed by atoms with van der Waals surface area (Å²) >= 11 is 0. The van der Waals surface area contributed by atoms with Gasteiger partial charge in [0.1, 0.15) is 23.6 Å². The van der Waals surface area contributed by atoms with Gasteiger partial charge < -0.3 is 19.3 Å². The molecule has 1 heterocycles. The summed E-state index contributed by atoms with van der Waals surface area (Å²) in [7, 11) is 3.21. The summed E-state index contributed by atoms with van der Waals surface area (Å²) in [5.41, 5.74) is 2.28. The molecule has 1 N–H and O–H groups in total. The average Bonchev–Trinajstić information content (AvgIpc) is 2.60. The zero-order chi connectivity index (χ0) is 17.1. The molecule has 0 aliphatic heterocycles. The number of hydrogen-bond acceptors (Lipinski definition) is 5. The third-order valence-electron chi connectivity index (χ3n) is 3.75. The Morgan fingerprint density at radius 3 is 2.50 bits per heavy atom. The quantitative estimate of drug-likeness (QED) is 0.772. The summed E-state index contributed by atoms with van der Waals surface area (Å²) in [5.74, 6) is 2.17. The summed E-state index contributed by atoms with van der Waals surface area (Å²) in [4.78, 5) is 4.37. The van der Waals surface area contributed by atoms with E-state index in [0.717, 1.165) is 16.6 Å². The van der Waals surface area contributed by atoms with Crippen molar-refractivity contribution in [1.29, 1.82) is 0 Å². The highest BCUT2D eigenvalue weighted by atomic mass is 16.5. The van der Waals surface area contributed by atoms with Gasteiger partial charge in [-0.05, 0) is 36.8 Å². The van der Waals surface area contributed by atoms with E-state index in [4.69, 9.17) is 14.2 Å². The maximum atomic E-state index is 9.98. The lowest BCUT2D eigenvalue weighted by Crippen LogP contribution is -1.99. The number of phenolic OH excluding ortho intramolecular Hbond substituents is 1. The van der Waals surface area contributed by atoms with E-state index in [9.17, 15) is 5.11 Å². The smallest absolute Gasteiger partial charge is 0.161 e. The number of methoxy groups -OCH3 is 2. The van der Waals surface area contributed by atoms with E-state index in [2.05, 4.69) is 4.98 Å². The van der Waals surface area contributed by atoms with E-state index in [1.54, 1.807) is 26.4 Å². The SMILES string of the molecule is COc1ccc(COc2cc(C)nc3c(O)cccc23)cc1OC. The van der Waals surface area contributed by atoms with Gasteiger partial charge in [-0.25, -0.2) is 4.98 Å². The molecule has 0 amide bonds. The first-order valence-corrected chi connectivity index (χ1v) is 7.55. The van der Waals surface area contributed by atoms with Crippen molar-refractivity contribution < 1.29 is 19.3 Å². The largest absolute Gasteiger partial charge is 0.506 e. The van der Waals surface area contributed by atoms with Crippen LogP contribution < -0.4 is 14.2 Å². The maximum absolute atomic E-state index is 9.98. The number of para-hydroxylation sites is 1. The van der Waals surface area contributed by atoms with Crippen LogP contribution >= 0.6 is 0 Å². The van der Waals surface area contributed by atoms with Crippen LogP contribution in [-0.4, -0.2) is 24.3 Å². The molecule has 2 aromatic carbocycles. The first-order chi connectivity index (χ1) is 11.6. The zero-order valence-electron chi connectivity index (χ0n) is 13.9. The van der Waals surface area contributed by atoms with Crippen molar-refractivity contribution in [2.75, 3.05) is 14.2 Å². The Balaban J connectivity index is 1.90. The fraction of sp³-hybridized carbons (Fsp3) is 0.211. The Kier molecular flexibility index (Phi) is 4.42. The molecule has 5 nitrogen and oxygen atoms in total. The molecule has 3 rings (SSSR count). The zero-order valence-corrected chi connectivity index (χ0v) is 13.9. The second-order valence-electron chi connectivity index (χ2n) is 5.41. The number of hydrogen-bond donors (Lipinski definition) is 1. The lowest BCUT2D eigenvalue weighted by atomic mass is 10.1. The third kappa shape index (κ3) is 3.06. The lowest BCUT2D eigenvalue weighted by molar-refractivity contribution is 0.307. The number of rotatable bonds is 5. The van der Waals surface area contributed by atoms with Gasteiger partial charge in [0.25, 0.3) is 0 Å². The molecule has 0 unspecified atom stereocenters. The van der Waals surface area contributed by atoms with E-state index in [-0.39, 0.29) is 5.75 Å². The number of aryl methyl sites for hydroxylation is 1. The summed E-state index contributed by atoms with van der Waals surface area (Å²) in [6.07, 6.45) is 0. The maximum Gasteiger partial charge on any atom is 0.161 e. The van der Waals surface area contributed by atoms with Crippen LogP contribution in [0.25, 0.3) is 10.9 Å². The summed E-state index contributed by atoms with van der Waals surface area (Å²) in [6.45, 7) is 2.24. The molecule has 0 aliphatic rings. The van der Waals surface area contributed by atoms with Crippen LogP contribution in [-0.2, 0) is 6.61 Å². The summed E-state index contributed by atoms with van der Waals surface area (Å²) in [6, 6.07) is 12.8. The molecule has 124 valence electrons. The Morgan fingerprint density at radius 2 is 1.75 bits per heavy atom. The molecule has 1 aromatic heterocycles. The van der Waals surface area contributed by atoms with Crippen LogP contribution in [0.4, 0.5) is 0 Å². The van der Waals surface area contributed by atoms with E-state index in [0.29, 0.717) is 29.4 Å². The monoisotopic (exact) mass is 325 g/mol. The van der Waals surface area contributed by atoms with Crippen molar-refractivity contribution in [2.45, 2.75) is 13.5 Å². The molecule has 0 aliphatic carbocycles. The van der Waals surface area contributed by atoms with E-state index in [1.165, 1.54) is 0 Å². The summed E-state index contributed by atoms with van der Waals surface area (Å²) in [5, 5.41) is 10.8. The van der Waals surface area contributed by atoms with Gasteiger partial charge in [0.2, 0.25) is 0 Å². The van der Waals surface area contributed by atoms with Crippen LogP contribution in [0.15, 0.2) is 42.5 Å². The number of nitrogens with zero attached hydrogens (tertiary/aromatic N) is 1. The Hall–Kier alpha value is -2.95. The fourth-order valence-electron chi connectivity index (χ4n) is 2.57. The van der Waals surface area contributed by atoms with Crippen molar-refractivity contribution in [2.24, 2.45) is 0 Å². The molecule has 5 heteroatoms. The molecular formula is C19H19NO4. The minimum Gasteiger partial charge on any atom is -0.506 e. The average molecular weight is 325 g/mol. The van der Waals surface area contributed by atoms with E-state index < -0.39 is 0 Å². The van der Waals surface area contributed by atoms with Crippen LogP contribution in [0.3, 0.4) is 0 Å². The predicted molar refractivity (Wildman–Crippen MR) is 92.0 cm³/mol. The van der Waals surface area contributed by atoms with Crippen molar-refractivity contribution >= 4 is 10.9 Å². The van der Waals surface area contributed by atoms with E-state index in [1.807, 2.05) is 37.3 Å². The Morgan fingerprint density at radius 1 is 0.958 bits per heavy atom. The highest BCUT2D eigenvalue weighted by molar-refractivity contribution is 5.89. The van der Waals surface area contributed by atoms with Gasteiger partial charge in [-0.15, -0.1) is 0 Å². The molecule has 0 spiro atoms. The number of benzene rings is 2. The van der Waals surface area contributed by atoms with Gasteiger partial charge in [0, 0.05) is 17.1 Å². The number of phenols is 1. The van der Waals surface area contributed by atoms with Gasteiger partial charge in [-0.2, -0.15) is 0 Å². The van der Waals surface area contributed by atoms with Crippen molar-refractivity contribution in [3.05, 3.63) is 53.7 Å². The van der Waals surface area contributed by atoms with Crippen LogP contribution in [0.2, 0.25) is 0 Å². The number of ether oxygens (including phenoxy) is 3. The molecule has 0 saturated carbocycles. The predicted octanol–water partition coefficient (Wildman–Crippen LogP) is 3.85. The van der Waals surface area contributed by atoms with E-state index >= 15 is 0 Å². The minimum atomic E-state index is 0.146.